The summed E-state index contributed by atoms with van der Waals surface area (Å²) in [6, 6.07) is 7.64. The zero-order valence-electron chi connectivity index (χ0n) is 10.4. The zero-order chi connectivity index (χ0) is 13.4. The number of carboxylic acid groups (broad SMARTS) is 1. The third-order valence-electron chi connectivity index (χ3n) is 2.45. The number of nitrogens with one attached hydrogen (secondary N) is 2. The van der Waals surface area contributed by atoms with Crippen molar-refractivity contribution in [2.45, 2.75) is 19.8 Å². The molecule has 0 saturated carbocycles. The summed E-state index contributed by atoms with van der Waals surface area (Å²) in [5.74, 6) is -1.05. The molecule has 1 aromatic rings. The van der Waals surface area contributed by atoms with Crippen molar-refractivity contribution in [3.8, 4) is 0 Å². The summed E-state index contributed by atoms with van der Waals surface area (Å²) in [6.07, 6.45) is 0.976. The molecule has 0 unspecified atom stereocenters. The molecule has 3 N–H and O–H groups in total. The molecule has 1 amide bonds. The molecule has 0 heterocycles. The van der Waals surface area contributed by atoms with Gasteiger partial charge in [0.15, 0.2) is 0 Å². The molecular weight excluding hydrogens is 232 g/mol. The molecule has 18 heavy (non-hydrogen) atoms. The molecule has 0 aliphatic heterocycles. The topological polar surface area (TPSA) is 78.4 Å². The Hall–Kier alpha value is -1.88. The Morgan fingerprint density at radius 2 is 1.89 bits per heavy atom. The molecular formula is C13H18N2O3. The van der Waals surface area contributed by atoms with Gasteiger partial charge >= 0.3 is 5.97 Å². The normalized spacial score (nSPS) is 10.1. The Balaban J connectivity index is 2.28. The number of amides is 1. The minimum atomic E-state index is -0.877. The van der Waals surface area contributed by atoms with E-state index in [0.717, 1.165) is 12.1 Å². The van der Waals surface area contributed by atoms with Crippen LogP contribution in [-0.2, 0) is 16.0 Å². The molecule has 0 spiro atoms. The third-order valence-corrected chi connectivity index (χ3v) is 2.45. The second-order valence-corrected chi connectivity index (χ2v) is 3.92. The zero-order valence-corrected chi connectivity index (χ0v) is 10.4. The van der Waals surface area contributed by atoms with Crippen molar-refractivity contribution < 1.29 is 14.7 Å². The van der Waals surface area contributed by atoms with Crippen LogP contribution in [0.1, 0.15) is 18.9 Å². The number of hydrogen-bond donors (Lipinski definition) is 3. The second-order valence-electron chi connectivity index (χ2n) is 3.92. The SMILES string of the molecule is CCc1ccc(NC(=O)CNCCC(=O)O)cc1. The summed E-state index contributed by atoms with van der Waals surface area (Å²) in [6.45, 7) is 2.47. The van der Waals surface area contributed by atoms with Crippen molar-refractivity contribution in [3.05, 3.63) is 29.8 Å². The molecule has 0 aliphatic carbocycles. The first kappa shape index (κ1) is 14.2. The first-order valence-electron chi connectivity index (χ1n) is 5.93. The van der Waals surface area contributed by atoms with Gasteiger partial charge in [0.1, 0.15) is 0 Å². The number of aryl methyl sites for hydroxylation is 1. The van der Waals surface area contributed by atoms with Crippen LogP contribution in [0.25, 0.3) is 0 Å². The van der Waals surface area contributed by atoms with Crippen LogP contribution in [0.15, 0.2) is 24.3 Å². The van der Waals surface area contributed by atoms with Gasteiger partial charge in [-0.15, -0.1) is 0 Å². The highest BCUT2D eigenvalue weighted by Crippen LogP contribution is 2.09. The monoisotopic (exact) mass is 250 g/mol. The molecule has 0 bridgehead atoms. The van der Waals surface area contributed by atoms with E-state index in [9.17, 15) is 9.59 Å². The first-order valence-corrected chi connectivity index (χ1v) is 5.93. The lowest BCUT2D eigenvalue weighted by atomic mass is 10.1. The minimum absolute atomic E-state index is 0.0124. The van der Waals surface area contributed by atoms with E-state index in [1.165, 1.54) is 5.56 Å². The summed E-state index contributed by atoms with van der Waals surface area (Å²) in [5, 5.41) is 13.9. The van der Waals surface area contributed by atoms with Crippen LogP contribution < -0.4 is 10.6 Å². The van der Waals surface area contributed by atoms with E-state index in [0.29, 0.717) is 0 Å². The molecule has 0 saturated heterocycles. The highest BCUT2D eigenvalue weighted by molar-refractivity contribution is 5.92. The van der Waals surface area contributed by atoms with Gasteiger partial charge in [0.05, 0.1) is 13.0 Å². The minimum Gasteiger partial charge on any atom is -0.481 e. The lowest BCUT2D eigenvalue weighted by molar-refractivity contribution is -0.137. The van der Waals surface area contributed by atoms with E-state index in [2.05, 4.69) is 17.6 Å². The molecule has 0 atom stereocenters. The third kappa shape index (κ3) is 5.45. The fourth-order valence-corrected chi connectivity index (χ4v) is 1.43. The Bertz CT molecular complexity index is 401. The van der Waals surface area contributed by atoms with Gasteiger partial charge in [0.2, 0.25) is 5.91 Å². The second kappa shape index (κ2) is 7.45. The van der Waals surface area contributed by atoms with E-state index in [1.807, 2.05) is 24.3 Å². The van der Waals surface area contributed by atoms with Gasteiger partial charge in [-0.25, -0.2) is 0 Å². The lowest BCUT2D eigenvalue weighted by Crippen LogP contribution is -2.29. The number of carbonyl (C=O) groups is 2. The van der Waals surface area contributed by atoms with Gasteiger partial charge in [0, 0.05) is 12.2 Å². The van der Waals surface area contributed by atoms with Crippen molar-refractivity contribution in [2.24, 2.45) is 0 Å². The van der Waals surface area contributed by atoms with Crippen LogP contribution in [-0.4, -0.2) is 30.1 Å². The Kier molecular flexibility index (Phi) is 5.87. The maximum absolute atomic E-state index is 11.5. The van der Waals surface area contributed by atoms with Crippen LogP contribution in [0.5, 0.6) is 0 Å². The Morgan fingerprint density at radius 1 is 1.22 bits per heavy atom. The summed E-state index contributed by atoms with van der Waals surface area (Å²) >= 11 is 0. The van der Waals surface area contributed by atoms with E-state index >= 15 is 0 Å². The summed E-state index contributed by atoms with van der Waals surface area (Å²) < 4.78 is 0. The van der Waals surface area contributed by atoms with Crippen molar-refractivity contribution >= 4 is 17.6 Å². The van der Waals surface area contributed by atoms with Gasteiger partial charge < -0.3 is 15.7 Å². The average Bonchev–Trinajstić information content (AvgIpc) is 2.35. The van der Waals surface area contributed by atoms with E-state index in [4.69, 9.17) is 5.11 Å². The van der Waals surface area contributed by atoms with Crippen LogP contribution in [0.3, 0.4) is 0 Å². The first-order chi connectivity index (χ1) is 8.61. The summed E-state index contributed by atoms with van der Waals surface area (Å²) in [7, 11) is 0. The molecule has 0 fully saturated rings. The fraction of sp³-hybridized carbons (Fsp3) is 0.385. The standard InChI is InChI=1S/C13H18N2O3/c1-2-10-3-5-11(6-4-10)15-12(16)9-14-8-7-13(17)18/h3-6,14H,2,7-9H2,1H3,(H,15,16)(H,17,18). The maximum Gasteiger partial charge on any atom is 0.304 e. The quantitative estimate of drug-likeness (QED) is 0.636. The predicted molar refractivity (Wildman–Crippen MR) is 69.6 cm³/mol. The number of hydrogen-bond acceptors (Lipinski definition) is 3. The maximum atomic E-state index is 11.5. The van der Waals surface area contributed by atoms with Gasteiger partial charge in [-0.2, -0.15) is 0 Å². The summed E-state index contributed by atoms with van der Waals surface area (Å²) in [5.41, 5.74) is 1.96. The highest BCUT2D eigenvalue weighted by Gasteiger charge is 2.02. The summed E-state index contributed by atoms with van der Waals surface area (Å²) in [4.78, 5) is 21.7. The fourth-order valence-electron chi connectivity index (χ4n) is 1.43. The largest absolute Gasteiger partial charge is 0.481 e. The van der Waals surface area contributed by atoms with Gasteiger partial charge in [-0.1, -0.05) is 19.1 Å². The van der Waals surface area contributed by atoms with Crippen LogP contribution in [0.4, 0.5) is 5.69 Å². The number of anilines is 1. The number of rotatable bonds is 7. The number of aliphatic carboxylic acids is 1. The molecule has 0 aromatic heterocycles. The van der Waals surface area contributed by atoms with E-state index in [1.54, 1.807) is 0 Å². The van der Waals surface area contributed by atoms with Gasteiger partial charge in [0.25, 0.3) is 0 Å². The van der Waals surface area contributed by atoms with Crippen LogP contribution in [0, 0.1) is 0 Å². The Morgan fingerprint density at radius 3 is 2.44 bits per heavy atom. The van der Waals surface area contributed by atoms with Crippen LogP contribution >= 0.6 is 0 Å². The highest BCUT2D eigenvalue weighted by atomic mass is 16.4. The smallest absolute Gasteiger partial charge is 0.304 e. The molecule has 0 aliphatic rings. The van der Waals surface area contributed by atoms with Crippen molar-refractivity contribution in [3.63, 3.8) is 0 Å². The van der Waals surface area contributed by atoms with Gasteiger partial charge in [-0.05, 0) is 24.1 Å². The number of carboxylic acids is 1. The molecule has 98 valence electrons. The van der Waals surface area contributed by atoms with Crippen LogP contribution in [0.2, 0.25) is 0 Å². The van der Waals surface area contributed by atoms with Crippen molar-refractivity contribution in [1.29, 1.82) is 0 Å². The molecule has 0 radical (unpaired) electrons. The van der Waals surface area contributed by atoms with E-state index in [-0.39, 0.29) is 25.4 Å². The molecule has 1 rings (SSSR count). The Labute approximate surface area is 106 Å². The average molecular weight is 250 g/mol. The van der Waals surface area contributed by atoms with Crippen molar-refractivity contribution in [2.75, 3.05) is 18.4 Å². The van der Waals surface area contributed by atoms with Crippen molar-refractivity contribution in [1.82, 2.24) is 5.32 Å². The van der Waals surface area contributed by atoms with E-state index < -0.39 is 5.97 Å². The lowest BCUT2D eigenvalue weighted by Gasteiger charge is -2.06. The predicted octanol–water partition coefficient (Wildman–Crippen LogP) is 1.25. The molecule has 1 aromatic carbocycles. The number of carbonyl (C=O) groups excluding carboxylic acids is 1. The van der Waals surface area contributed by atoms with Gasteiger partial charge in [-0.3, -0.25) is 9.59 Å². The molecule has 5 nitrogen and oxygen atoms in total. The number of benzene rings is 1. The molecule has 5 heteroatoms.